The Hall–Kier alpha value is -4.54. The van der Waals surface area contributed by atoms with Crippen LogP contribution in [-0.4, -0.2) is 35.4 Å². The number of carbonyl (C=O) groups excluding carboxylic acids is 2. The maximum Gasteiger partial charge on any atom is 0.417 e. The van der Waals surface area contributed by atoms with Crippen LogP contribution in [0.15, 0.2) is 78.9 Å². The van der Waals surface area contributed by atoms with Crippen LogP contribution in [0, 0.1) is 0 Å². The number of allylic oxidation sites excluding steroid dienone is 1. The van der Waals surface area contributed by atoms with E-state index < -0.39 is 59.5 Å². The Kier molecular flexibility index (Phi) is 7.03. The molecule has 4 rings (SSSR count). The maximum atomic E-state index is 14.8. The van der Waals surface area contributed by atoms with Crippen LogP contribution in [0.25, 0.3) is 5.57 Å². The van der Waals surface area contributed by atoms with E-state index in [0.717, 1.165) is 23.1 Å². The van der Waals surface area contributed by atoms with Crippen molar-refractivity contribution in [1.29, 1.82) is 0 Å². The second-order valence-electron chi connectivity index (χ2n) is 8.40. The van der Waals surface area contributed by atoms with Gasteiger partial charge >= 0.3 is 12.1 Å². The highest BCUT2D eigenvalue weighted by Gasteiger charge is 2.41. The van der Waals surface area contributed by atoms with Gasteiger partial charge in [-0.2, -0.15) is 13.2 Å². The van der Waals surface area contributed by atoms with Crippen molar-refractivity contribution in [3.63, 3.8) is 0 Å². The largest absolute Gasteiger partial charge is 0.478 e. The summed E-state index contributed by atoms with van der Waals surface area (Å²) in [6.07, 6.45) is -5.12. The van der Waals surface area contributed by atoms with Crippen LogP contribution in [0.1, 0.15) is 38.3 Å². The molecule has 2 amide bonds. The molecule has 1 heterocycles. The average molecular weight is 530 g/mol. The smallest absolute Gasteiger partial charge is 0.417 e. The monoisotopic (exact) mass is 530 g/mol. The van der Waals surface area contributed by atoms with Crippen LogP contribution in [0.2, 0.25) is 0 Å². The molecule has 0 fully saturated rings. The molecule has 38 heavy (non-hydrogen) atoms. The molecule has 11 heteroatoms. The fraction of sp³-hybridized carbons (Fsp3) is 0.148. The van der Waals surface area contributed by atoms with Crippen molar-refractivity contribution in [1.82, 2.24) is 0 Å². The van der Waals surface area contributed by atoms with Gasteiger partial charge < -0.3 is 15.3 Å². The number of para-hydroxylation sites is 1. The third kappa shape index (κ3) is 5.41. The van der Waals surface area contributed by atoms with E-state index in [1.165, 1.54) is 54.6 Å². The molecule has 1 aliphatic heterocycles. The maximum absolute atomic E-state index is 14.8. The summed E-state index contributed by atoms with van der Waals surface area (Å²) in [6.45, 7) is -0.410. The van der Waals surface area contributed by atoms with E-state index >= 15 is 0 Å². The Morgan fingerprint density at radius 3 is 2.21 bits per heavy atom. The standard InChI is InChI=1S/C27H19F5N2O4/c28-26(29)13-14-34(22-8-4-2-5-18(22)21(26)15-23(35)36)25(38)16-9-11-17(12-10-16)33-24(37)19-6-1-3-7-20(19)27(30,31)32/h1-12,15H,13-14H2,(H,33,37)(H,35,36)/b21-15-. The first-order valence-corrected chi connectivity index (χ1v) is 11.2. The summed E-state index contributed by atoms with van der Waals surface area (Å²) in [5, 5.41) is 11.5. The van der Waals surface area contributed by atoms with Gasteiger partial charge in [-0.05, 0) is 42.5 Å². The number of anilines is 2. The first-order chi connectivity index (χ1) is 17.9. The van der Waals surface area contributed by atoms with Gasteiger partial charge in [0, 0.05) is 41.4 Å². The van der Waals surface area contributed by atoms with Crippen molar-refractivity contribution < 1.29 is 41.4 Å². The van der Waals surface area contributed by atoms with Crippen molar-refractivity contribution in [3.8, 4) is 0 Å². The van der Waals surface area contributed by atoms with Gasteiger partial charge in [-0.1, -0.05) is 30.3 Å². The summed E-state index contributed by atoms with van der Waals surface area (Å²) in [5.41, 5.74) is -2.22. The lowest BCUT2D eigenvalue weighted by atomic mass is 9.97. The molecule has 0 saturated carbocycles. The molecule has 0 aliphatic carbocycles. The molecule has 0 spiro atoms. The van der Waals surface area contributed by atoms with Crippen molar-refractivity contribution in [2.24, 2.45) is 0 Å². The number of hydrogen-bond donors (Lipinski definition) is 2. The lowest BCUT2D eigenvalue weighted by molar-refractivity contribution is -0.138. The van der Waals surface area contributed by atoms with E-state index in [1.54, 1.807) is 0 Å². The number of benzene rings is 3. The molecule has 6 nitrogen and oxygen atoms in total. The second kappa shape index (κ2) is 10.1. The van der Waals surface area contributed by atoms with E-state index in [1.807, 2.05) is 0 Å². The molecule has 0 aromatic heterocycles. The lowest BCUT2D eigenvalue weighted by Gasteiger charge is -2.23. The highest BCUT2D eigenvalue weighted by atomic mass is 19.4. The molecule has 0 bridgehead atoms. The first-order valence-electron chi connectivity index (χ1n) is 11.2. The van der Waals surface area contributed by atoms with Crippen molar-refractivity contribution in [2.75, 3.05) is 16.8 Å². The van der Waals surface area contributed by atoms with Crippen molar-refractivity contribution in [2.45, 2.75) is 18.5 Å². The summed E-state index contributed by atoms with van der Waals surface area (Å²) < 4.78 is 69.4. The summed E-state index contributed by atoms with van der Waals surface area (Å²) in [6, 6.07) is 15.2. The molecule has 196 valence electrons. The van der Waals surface area contributed by atoms with E-state index in [0.29, 0.717) is 6.08 Å². The van der Waals surface area contributed by atoms with Gasteiger partial charge in [-0.3, -0.25) is 9.59 Å². The molecule has 3 aromatic rings. The summed E-state index contributed by atoms with van der Waals surface area (Å²) >= 11 is 0. The number of carbonyl (C=O) groups is 3. The van der Waals surface area contributed by atoms with E-state index in [4.69, 9.17) is 5.11 Å². The van der Waals surface area contributed by atoms with Gasteiger partial charge in [0.05, 0.1) is 16.8 Å². The molecular formula is C27H19F5N2O4. The predicted octanol–water partition coefficient (Wildman–Crippen LogP) is 6.11. The summed E-state index contributed by atoms with van der Waals surface area (Å²) in [7, 11) is 0. The van der Waals surface area contributed by atoms with Gasteiger partial charge in [-0.25, -0.2) is 13.6 Å². The number of hydrogen-bond acceptors (Lipinski definition) is 3. The molecule has 0 unspecified atom stereocenters. The summed E-state index contributed by atoms with van der Waals surface area (Å²) in [5.74, 6) is -6.72. The second-order valence-corrected chi connectivity index (χ2v) is 8.40. The molecule has 0 radical (unpaired) electrons. The van der Waals surface area contributed by atoms with Crippen LogP contribution >= 0.6 is 0 Å². The topological polar surface area (TPSA) is 86.7 Å². The van der Waals surface area contributed by atoms with E-state index in [9.17, 15) is 36.3 Å². The van der Waals surface area contributed by atoms with Crippen molar-refractivity contribution in [3.05, 3.63) is 101 Å². The van der Waals surface area contributed by atoms with Crippen LogP contribution in [0.3, 0.4) is 0 Å². The number of rotatable bonds is 4. The lowest BCUT2D eigenvalue weighted by Crippen LogP contribution is -2.33. The third-order valence-corrected chi connectivity index (χ3v) is 5.91. The molecule has 3 aromatic carbocycles. The number of nitrogens with zero attached hydrogens (tertiary/aromatic N) is 1. The fourth-order valence-electron chi connectivity index (χ4n) is 4.14. The van der Waals surface area contributed by atoms with Gasteiger partial charge in [-0.15, -0.1) is 0 Å². The Labute approximate surface area is 213 Å². The zero-order valence-corrected chi connectivity index (χ0v) is 19.4. The normalized spacial score (nSPS) is 15.9. The minimum Gasteiger partial charge on any atom is -0.478 e. The third-order valence-electron chi connectivity index (χ3n) is 5.91. The number of amides is 2. The van der Waals surface area contributed by atoms with Crippen molar-refractivity contribution >= 4 is 34.7 Å². The van der Waals surface area contributed by atoms with Crippen LogP contribution in [0.4, 0.5) is 33.3 Å². The number of fused-ring (bicyclic) bond motifs is 1. The minimum atomic E-state index is -4.73. The van der Waals surface area contributed by atoms with Gasteiger partial charge in [0.25, 0.3) is 17.7 Å². The average Bonchev–Trinajstić information content (AvgIpc) is 2.97. The van der Waals surface area contributed by atoms with Gasteiger partial charge in [0.1, 0.15) is 0 Å². The zero-order chi connectivity index (χ0) is 27.7. The Bertz CT molecular complexity index is 1430. The Balaban J connectivity index is 1.60. The van der Waals surface area contributed by atoms with Gasteiger partial charge in [0.15, 0.2) is 0 Å². The quantitative estimate of drug-likeness (QED) is 0.315. The van der Waals surface area contributed by atoms with E-state index in [2.05, 4.69) is 5.32 Å². The van der Waals surface area contributed by atoms with Gasteiger partial charge in [0.2, 0.25) is 0 Å². The molecule has 0 saturated heterocycles. The number of alkyl halides is 5. The number of carboxylic acid groups (broad SMARTS) is 1. The zero-order valence-electron chi connectivity index (χ0n) is 19.4. The molecule has 0 atom stereocenters. The minimum absolute atomic E-state index is 0.0578. The number of nitrogens with one attached hydrogen (secondary N) is 1. The first kappa shape index (κ1) is 26.5. The highest BCUT2D eigenvalue weighted by molar-refractivity contribution is 6.09. The van der Waals surface area contributed by atoms with Crippen LogP contribution < -0.4 is 10.2 Å². The van der Waals surface area contributed by atoms with Crippen LogP contribution in [0.5, 0.6) is 0 Å². The number of aliphatic carboxylic acids is 1. The molecular weight excluding hydrogens is 511 g/mol. The van der Waals surface area contributed by atoms with Crippen LogP contribution in [-0.2, 0) is 11.0 Å². The highest BCUT2D eigenvalue weighted by Crippen LogP contribution is 2.43. The fourth-order valence-corrected chi connectivity index (χ4v) is 4.14. The SMILES string of the molecule is O=C(O)/C=C1/c2ccccc2N(C(=O)c2ccc(NC(=O)c3ccccc3C(F)(F)F)cc2)CCC1(F)F. The number of carboxylic acids is 1. The number of halogens is 5. The predicted molar refractivity (Wildman–Crippen MR) is 129 cm³/mol. The molecule has 2 N–H and O–H groups in total. The summed E-state index contributed by atoms with van der Waals surface area (Å²) in [4.78, 5) is 38.1. The Morgan fingerprint density at radius 2 is 1.55 bits per heavy atom. The van der Waals surface area contributed by atoms with E-state index in [-0.39, 0.29) is 22.5 Å². The Morgan fingerprint density at radius 1 is 0.921 bits per heavy atom. The molecule has 1 aliphatic rings.